The van der Waals surface area contributed by atoms with Crippen molar-refractivity contribution in [3.63, 3.8) is 0 Å². The van der Waals surface area contributed by atoms with Crippen LogP contribution in [0.5, 0.6) is 0 Å². The Bertz CT molecular complexity index is 475. The molecule has 1 atom stereocenters. The highest BCUT2D eigenvalue weighted by Crippen LogP contribution is 2.10. The minimum absolute atomic E-state index is 0.0176. The molecule has 0 radical (unpaired) electrons. The fraction of sp³-hybridized carbons (Fsp3) is 0.538. The number of nitrogens with zero attached hydrogens (tertiary/aromatic N) is 1. The Labute approximate surface area is 106 Å². The lowest BCUT2D eigenvalue weighted by Gasteiger charge is -2.22. The molecular weight excluding hydrogens is 230 g/mol. The van der Waals surface area contributed by atoms with Crippen molar-refractivity contribution < 1.29 is 4.79 Å². The molecule has 1 fully saturated rings. The summed E-state index contributed by atoms with van der Waals surface area (Å²) in [6.45, 7) is 3.40. The van der Waals surface area contributed by atoms with E-state index in [-0.39, 0.29) is 17.5 Å². The highest BCUT2D eigenvalue weighted by Gasteiger charge is 2.20. The van der Waals surface area contributed by atoms with Gasteiger partial charge in [0.15, 0.2) is 0 Å². The van der Waals surface area contributed by atoms with Crippen LogP contribution in [0.25, 0.3) is 0 Å². The highest BCUT2D eigenvalue weighted by molar-refractivity contribution is 5.94. The minimum atomic E-state index is -0.110. The molecule has 1 aromatic rings. The monoisotopic (exact) mass is 249 g/mol. The van der Waals surface area contributed by atoms with E-state index in [1.54, 1.807) is 16.8 Å². The van der Waals surface area contributed by atoms with Gasteiger partial charge in [0, 0.05) is 18.8 Å². The van der Waals surface area contributed by atoms with Gasteiger partial charge in [0.05, 0.1) is 11.7 Å². The largest absolute Gasteiger partial charge is 0.323 e. The second kappa shape index (κ2) is 5.82. The molecule has 0 aromatic carbocycles. The third-order valence-electron chi connectivity index (χ3n) is 3.22. The summed E-state index contributed by atoms with van der Waals surface area (Å²) < 4.78 is 1.57. The molecule has 0 saturated carbocycles. The molecule has 1 aliphatic heterocycles. The maximum atomic E-state index is 12.0. The number of carbonyl (C=O) groups excluding carboxylic acids is 1. The van der Waals surface area contributed by atoms with Crippen molar-refractivity contribution in [1.82, 2.24) is 9.88 Å². The van der Waals surface area contributed by atoms with Crippen LogP contribution in [0.3, 0.4) is 0 Å². The molecule has 0 unspecified atom stereocenters. The van der Waals surface area contributed by atoms with Crippen LogP contribution in [0.1, 0.15) is 26.2 Å². The third-order valence-corrected chi connectivity index (χ3v) is 3.22. The van der Waals surface area contributed by atoms with Gasteiger partial charge in [0.25, 0.3) is 5.56 Å². The first-order chi connectivity index (χ1) is 8.70. The zero-order valence-corrected chi connectivity index (χ0v) is 10.6. The fourth-order valence-electron chi connectivity index (χ4n) is 2.16. The van der Waals surface area contributed by atoms with E-state index in [1.807, 2.05) is 6.92 Å². The van der Waals surface area contributed by atoms with Gasteiger partial charge in [-0.1, -0.05) is 6.42 Å². The number of hydrogen-bond acceptors (Lipinski definition) is 3. The van der Waals surface area contributed by atoms with Crippen molar-refractivity contribution in [3.05, 3.63) is 28.7 Å². The average molecular weight is 249 g/mol. The molecule has 1 saturated heterocycles. The van der Waals surface area contributed by atoms with E-state index in [0.29, 0.717) is 12.2 Å². The first kappa shape index (κ1) is 12.8. The smallest absolute Gasteiger partial charge is 0.250 e. The van der Waals surface area contributed by atoms with Crippen LogP contribution in [-0.2, 0) is 11.3 Å². The molecule has 1 aliphatic rings. The molecule has 18 heavy (non-hydrogen) atoms. The second-order valence-electron chi connectivity index (χ2n) is 4.53. The van der Waals surface area contributed by atoms with E-state index >= 15 is 0 Å². The minimum Gasteiger partial charge on any atom is -0.323 e. The first-order valence-electron chi connectivity index (χ1n) is 6.45. The fourth-order valence-corrected chi connectivity index (χ4v) is 2.16. The second-order valence-corrected chi connectivity index (χ2v) is 4.53. The highest BCUT2D eigenvalue weighted by atomic mass is 16.2. The summed E-state index contributed by atoms with van der Waals surface area (Å²) in [5.41, 5.74) is 0.625. The normalized spacial score (nSPS) is 19.5. The first-order valence-corrected chi connectivity index (χ1v) is 6.45. The number of aromatic nitrogens is 1. The Hall–Kier alpha value is -1.62. The Kier molecular flexibility index (Phi) is 4.15. The Morgan fingerprint density at radius 1 is 1.50 bits per heavy atom. The van der Waals surface area contributed by atoms with Crippen LogP contribution in [0.4, 0.5) is 5.69 Å². The maximum absolute atomic E-state index is 12.0. The van der Waals surface area contributed by atoms with Gasteiger partial charge >= 0.3 is 0 Å². The number of hydrogen-bond donors (Lipinski definition) is 2. The van der Waals surface area contributed by atoms with Gasteiger partial charge in [0.2, 0.25) is 5.91 Å². The van der Waals surface area contributed by atoms with Gasteiger partial charge in [-0.3, -0.25) is 9.59 Å². The Balaban J connectivity index is 2.04. The summed E-state index contributed by atoms with van der Waals surface area (Å²) in [6.07, 6.45) is 4.77. The standard InChI is InChI=1S/C13H19N3O2/c1-2-16-9-10(6-7-12(16)17)15-13(18)11-5-3-4-8-14-11/h6-7,9,11,14H,2-5,8H2,1H3,(H,15,18)/t11-/m1/s1. The van der Waals surface area contributed by atoms with E-state index in [9.17, 15) is 9.59 Å². The number of nitrogens with one attached hydrogen (secondary N) is 2. The van der Waals surface area contributed by atoms with E-state index in [1.165, 1.54) is 6.07 Å². The number of rotatable bonds is 3. The van der Waals surface area contributed by atoms with Crippen LogP contribution < -0.4 is 16.2 Å². The molecule has 98 valence electrons. The molecule has 0 aliphatic carbocycles. The van der Waals surface area contributed by atoms with E-state index in [0.717, 1.165) is 25.8 Å². The van der Waals surface area contributed by atoms with Crippen molar-refractivity contribution in [2.75, 3.05) is 11.9 Å². The van der Waals surface area contributed by atoms with Gasteiger partial charge in [-0.05, 0) is 32.4 Å². The summed E-state index contributed by atoms with van der Waals surface area (Å²) in [5, 5.41) is 6.05. The van der Waals surface area contributed by atoms with Crippen molar-refractivity contribution in [1.29, 1.82) is 0 Å². The molecule has 1 amide bonds. The van der Waals surface area contributed by atoms with Gasteiger partial charge in [-0.15, -0.1) is 0 Å². The van der Waals surface area contributed by atoms with Crippen LogP contribution in [0, 0.1) is 0 Å². The van der Waals surface area contributed by atoms with Gasteiger partial charge in [-0.2, -0.15) is 0 Å². The summed E-state index contributed by atoms with van der Waals surface area (Å²) in [5.74, 6) is -0.0176. The molecular formula is C13H19N3O2. The lowest BCUT2D eigenvalue weighted by Crippen LogP contribution is -2.43. The van der Waals surface area contributed by atoms with Crippen molar-refractivity contribution in [2.24, 2.45) is 0 Å². The molecule has 1 aromatic heterocycles. The zero-order valence-electron chi connectivity index (χ0n) is 10.6. The van der Waals surface area contributed by atoms with Crippen LogP contribution in [-0.4, -0.2) is 23.1 Å². The summed E-state index contributed by atoms with van der Waals surface area (Å²) >= 11 is 0. The number of carbonyl (C=O) groups is 1. The number of amides is 1. The quantitative estimate of drug-likeness (QED) is 0.838. The van der Waals surface area contributed by atoms with E-state index < -0.39 is 0 Å². The molecule has 5 heteroatoms. The van der Waals surface area contributed by atoms with Crippen molar-refractivity contribution in [3.8, 4) is 0 Å². The van der Waals surface area contributed by atoms with Crippen molar-refractivity contribution >= 4 is 11.6 Å². The molecule has 0 spiro atoms. The van der Waals surface area contributed by atoms with E-state index in [2.05, 4.69) is 10.6 Å². The SMILES string of the molecule is CCn1cc(NC(=O)[C@H]2CCCCN2)ccc1=O. The summed E-state index contributed by atoms with van der Waals surface area (Å²) in [6, 6.07) is 3.02. The lowest BCUT2D eigenvalue weighted by atomic mass is 10.0. The summed E-state index contributed by atoms with van der Waals surface area (Å²) in [4.78, 5) is 23.4. The molecule has 2 N–H and O–H groups in total. The molecule has 5 nitrogen and oxygen atoms in total. The third kappa shape index (κ3) is 2.98. The summed E-state index contributed by atoms with van der Waals surface area (Å²) in [7, 11) is 0. The lowest BCUT2D eigenvalue weighted by molar-refractivity contribution is -0.118. The van der Waals surface area contributed by atoms with Crippen LogP contribution in [0.2, 0.25) is 0 Å². The van der Waals surface area contributed by atoms with Crippen LogP contribution in [0.15, 0.2) is 23.1 Å². The predicted octanol–water partition coefficient (Wildman–Crippen LogP) is 0.949. The average Bonchev–Trinajstić information content (AvgIpc) is 2.42. The number of aryl methyl sites for hydroxylation is 1. The van der Waals surface area contributed by atoms with Gasteiger partial charge in [-0.25, -0.2) is 0 Å². The Morgan fingerprint density at radius 3 is 3.00 bits per heavy atom. The topological polar surface area (TPSA) is 63.1 Å². The molecule has 0 bridgehead atoms. The van der Waals surface area contributed by atoms with E-state index in [4.69, 9.17) is 0 Å². The number of anilines is 1. The van der Waals surface area contributed by atoms with Crippen LogP contribution >= 0.6 is 0 Å². The van der Waals surface area contributed by atoms with Gasteiger partial charge < -0.3 is 15.2 Å². The Morgan fingerprint density at radius 2 is 2.33 bits per heavy atom. The molecule has 2 heterocycles. The number of pyridine rings is 1. The predicted molar refractivity (Wildman–Crippen MR) is 70.6 cm³/mol. The number of piperidine rings is 1. The van der Waals surface area contributed by atoms with Gasteiger partial charge in [0.1, 0.15) is 0 Å². The van der Waals surface area contributed by atoms with Crippen molar-refractivity contribution in [2.45, 2.75) is 38.8 Å². The molecule has 2 rings (SSSR count). The zero-order chi connectivity index (χ0) is 13.0. The maximum Gasteiger partial charge on any atom is 0.250 e.